The zero-order valence-corrected chi connectivity index (χ0v) is 20.2. The maximum absolute atomic E-state index is 13.0. The summed E-state index contributed by atoms with van der Waals surface area (Å²) in [5, 5.41) is 25.4. The van der Waals surface area contributed by atoms with Crippen molar-refractivity contribution in [2.75, 3.05) is 25.0 Å². The molecule has 1 saturated carbocycles. The van der Waals surface area contributed by atoms with Gasteiger partial charge in [-0.2, -0.15) is 0 Å². The summed E-state index contributed by atoms with van der Waals surface area (Å²) < 4.78 is 5.61. The van der Waals surface area contributed by atoms with Gasteiger partial charge in [-0.1, -0.05) is 42.1 Å². The highest BCUT2D eigenvalue weighted by molar-refractivity contribution is 6.36. The minimum absolute atomic E-state index is 0.00839. The van der Waals surface area contributed by atoms with E-state index >= 15 is 0 Å². The van der Waals surface area contributed by atoms with Crippen LogP contribution in [0.5, 0.6) is 11.5 Å². The number of aromatic hydroxyl groups is 1. The molecule has 4 rings (SSSR count). The van der Waals surface area contributed by atoms with Crippen molar-refractivity contribution in [2.45, 2.75) is 50.7 Å². The van der Waals surface area contributed by atoms with Gasteiger partial charge in [0.2, 0.25) is 5.91 Å². The summed E-state index contributed by atoms with van der Waals surface area (Å²) in [6.07, 6.45) is 4.33. The van der Waals surface area contributed by atoms with E-state index in [4.69, 9.17) is 27.9 Å². The Morgan fingerprint density at radius 2 is 2.03 bits per heavy atom. The van der Waals surface area contributed by atoms with E-state index < -0.39 is 5.60 Å². The van der Waals surface area contributed by atoms with Crippen LogP contribution >= 0.6 is 23.2 Å². The van der Waals surface area contributed by atoms with Gasteiger partial charge in [-0.25, -0.2) is 0 Å². The topological polar surface area (TPSA) is 82.0 Å². The first kappa shape index (κ1) is 24.1. The lowest BCUT2D eigenvalue weighted by molar-refractivity contribution is -0.135. The van der Waals surface area contributed by atoms with Crippen molar-refractivity contribution in [1.29, 1.82) is 0 Å². The van der Waals surface area contributed by atoms with Crippen molar-refractivity contribution in [1.82, 2.24) is 4.90 Å². The lowest BCUT2D eigenvalue weighted by atomic mass is 9.66. The third-order valence-electron chi connectivity index (χ3n) is 6.85. The molecule has 1 saturated heterocycles. The molecule has 3 atom stereocenters. The Morgan fingerprint density at radius 3 is 2.79 bits per heavy atom. The lowest BCUT2D eigenvalue weighted by Crippen LogP contribution is -2.56. The Hall–Kier alpha value is -1.99. The van der Waals surface area contributed by atoms with Crippen LogP contribution in [0.2, 0.25) is 10.0 Å². The average molecular weight is 493 g/mol. The Labute approximate surface area is 204 Å². The fourth-order valence-corrected chi connectivity index (χ4v) is 5.77. The number of ether oxygens (including phenoxy) is 1. The number of likely N-dealkylation sites (tertiary alicyclic amines) is 1. The van der Waals surface area contributed by atoms with Crippen molar-refractivity contribution < 1.29 is 19.7 Å². The van der Waals surface area contributed by atoms with Gasteiger partial charge < -0.3 is 20.3 Å². The molecule has 178 valence electrons. The number of hydrogen-bond donors (Lipinski definition) is 3. The minimum atomic E-state index is -0.751. The SMILES string of the molecule is CCOc1cc([C@@H]2[C@H]3CCCC[C@]3(O)CCN2CC(=O)Nc2ccc(Cl)cc2Cl)ccc1O. The molecule has 1 amide bonds. The molecule has 33 heavy (non-hydrogen) atoms. The molecule has 0 aromatic heterocycles. The van der Waals surface area contributed by atoms with Gasteiger partial charge in [0, 0.05) is 23.5 Å². The second-order valence-corrected chi connectivity index (χ2v) is 9.80. The number of amides is 1. The molecule has 3 N–H and O–H groups in total. The maximum Gasteiger partial charge on any atom is 0.238 e. The van der Waals surface area contributed by atoms with Gasteiger partial charge in [0.15, 0.2) is 11.5 Å². The molecule has 8 heteroatoms. The van der Waals surface area contributed by atoms with E-state index in [1.165, 1.54) is 0 Å². The number of halogens is 2. The number of rotatable bonds is 6. The molecular formula is C25H30Cl2N2O4. The number of aliphatic hydroxyl groups is 1. The molecule has 2 aromatic rings. The predicted molar refractivity (Wildman–Crippen MR) is 130 cm³/mol. The van der Waals surface area contributed by atoms with E-state index in [-0.39, 0.29) is 30.2 Å². The summed E-state index contributed by atoms with van der Waals surface area (Å²) in [5.74, 6) is 0.300. The zero-order chi connectivity index (χ0) is 23.6. The Kier molecular flexibility index (Phi) is 7.39. The second kappa shape index (κ2) is 10.1. The first-order valence-electron chi connectivity index (χ1n) is 11.5. The van der Waals surface area contributed by atoms with E-state index in [1.807, 2.05) is 19.1 Å². The number of benzene rings is 2. The number of anilines is 1. The molecule has 6 nitrogen and oxygen atoms in total. The number of carbonyl (C=O) groups is 1. The normalized spacial score (nSPS) is 25.3. The fraction of sp³-hybridized carbons (Fsp3) is 0.480. The highest BCUT2D eigenvalue weighted by Gasteiger charge is 2.49. The van der Waals surface area contributed by atoms with Gasteiger partial charge in [-0.05, 0) is 62.1 Å². The van der Waals surface area contributed by atoms with E-state index in [1.54, 1.807) is 24.3 Å². The molecule has 0 spiro atoms. The van der Waals surface area contributed by atoms with Gasteiger partial charge in [0.05, 0.1) is 29.5 Å². The lowest BCUT2D eigenvalue weighted by Gasteiger charge is -2.52. The van der Waals surface area contributed by atoms with E-state index in [9.17, 15) is 15.0 Å². The predicted octanol–water partition coefficient (Wildman–Crippen LogP) is 5.40. The number of phenolic OH excluding ortho intramolecular Hbond substituents is 1. The second-order valence-electron chi connectivity index (χ2n) is 8.95. The van der Waals surface area contributed by atoms with Crippen molar-refractivity contribution in [3.05, 3.63) is 52.0 Å². The fourth-order valence-electron chi connectivity index (χ4n) is 5.31. The first-order chi connectivity index (χ1) is 15.8. The van der Waals surface area contributed by atoms with Crippen LogP contribution in [0.3, 0.4) is 0 Å². The third-order valence-corrected chi connectivity index (χ3v) is 7.40. The molecule has 1 heterocycles. The monoisotopic (exact) mass is 492 g/mol. The van der Waals surface area contributed by atoms with Gasteiger partial charge in [0.25, 0.3) is 0 Å². The average Bonchev–Trinajstić information content (AvgIpc) is 2.77. The molecule has 0 bridgehead atoms. The number of hydrogen-bond acceptors (Lipinski definition) is 5. The largest absolute Gasteiger partial charge is 0.504 e. The summed E-state index contributed by atoms with van der Waals surface area (Å²) in [5.41, 5.74) is 0.689. The number of fused-ring (bicyclic) bond motifs is 1. The number of piperidine rings is 1. The molecular weight excluding hydrogens is 463 g/mol. The molecule has 1 aliphatic heterocycles. The summed E-state index contributed by atoms with van der Waals surface area (Å²) in [6, 6.07) is 10.1. The van der Waals surface area contributed by atoms with Crippen LogP contribution in [0.15, 0.2) is 36.4 Å². The number of nitrogens with one attached hydrogen (secondary N) is 1. The van der Waals surface area contributed by atoms with Crippen molar-refractivity contribution >= 4 is 34.8 Å². The minimum Gasteiger partial charge on any atom is -0.504 e. The van der Waals surface area contributed by atoms with Crippen molar-refractivity contribution in [3.8, 4) is 11.5 Å². The van der Waals surface area contributed by atoms with Crippen LogP contribution in [0, 0.1) is 5.92 Å². The van der Waals surface area contributed by atoms with Crippen LogP contribution < -0.4 is 10.1 Å². The molecule has 0 unspecified atom stereocenters. The van der Waals surface area contributed by atoms with Gasteiger partial charge >= 0.3 is 0 Å². The molecule has 2 aromatic carbocycles. The molecule has 2 fully saturated rings. The Balaban J connectivity index is 1.61. The van der Waals surface area contributed by atoms with Crippen LogP contribution in [0.4, 0.5) is 5.69 Å². The van der Waals surface area contributed by atoms with Gasteiger partial charge in [0.1, 0.15) is 0 Å². The highest BCUT2D eigenvalue weighted by Crippen LogP contribution is 2.50. The quantitative estimate of drug-likeness (QED) is 0.502. The number of phenols is 1. The molecule has 2 aliphatic rings. The van der Waals surface area contributed by atoms with Crippen LogP contribution in [0.25, 0.3) is 0 Å². The standard InChI is InChI=1S/C25H30Cl2N2O4/c1-2-33-22-13-16(6-9-21(22)30)24-18-5-3-4-10-25(18,32)11-12-29(24)15-23(31)28-20-8-7-17(26)14-19(20)27/h6-9,13-14,18,24,30,32H,2-5,10-12,15H2,1H3,(H,28,31)/t18-,24-,25+/m1/s1. The maximum atomic E-state index is 13.0. The van der Waals surface area contributed by atoms with E-state index in [0.717, 1.165) is 31.2 Å². The summed E-state index contributed by atoms with van der Waals surface area (Å²) in [4.78, 5) is 15.1. The van der Waals surface area contributed by atoms with Gasteiger partial charge in [-0.15, -0.1) is 0 Å². The van der Waals surface area contributed by atoms with Crippen molar-refractivity contribution in [2.24, 2.45) is 5.92 Å². The third kappa shape index (κ3) is 5.24. The summed E-state index contributed by atoms with van der Waals surface area (Å²) in [7, 11) is 0. The first-order valence-corrected chi connectivity index (χ1v) is 12.2. The highest BCUT2D eigenvalue weighted by atomic mass is 35.5. The van der Waals surface area contributed by atoms with Gasteiger partial charge in [-0.3, -0.25) is 9.69 Å². The number of carbonyl (C=O) groups excluding carboxylic acids is 1. The Bertz CT molecular complexity index is 1020. The van der Waals surface area contributed by atoms with Crippen LogP contribution in [-0.4, -0.2) is 46.3 Å². The van der Waals surface area contributed by atoms with Crippen molar-refractivity contribution in [3.63, 3.8) is 0 Å². The Morgan fingerprint density at radius 1 is 1.21 bits per heavy atom. The summed E-state index contributed by atoms with van der Waals surface area (Å²) >= 11 is 12.2. The zero-order valence-electron chi connectivity index (χ0n) is 18.7. The molecule has 1 aliphatic carbocycles. The van der Waals surface area contributed by atoms with E-state index in [0.29, 0.717) is 41.1 Å². The molecule has 0 radical (unpaired) electrons. The van der Waals surface area contributed by atoms with Crippen LogP contribution in [-0.2, 0) is 4.79 Å². The van der Waals surface area contributed by atoms with E-state index in [2.05, 4.69) is 10.2 Å². The van der Waals surface area contributed by atoms with Crippen LogP contribution in [0.1, 0.15) is 50.6 Å². The smallest absolute Gasteiger partial charge is 0.238 e. The number of nitrogens with zero attached hydrogens (tertiary/aromatic N) is 1. The summed E-state index contributed by atoms with van der Waals surface area (Å²) in [6.45, 7) is 3.04.